The lowest BCUT2D eigenvalue weighted by molar-refractivity contribution is -0.120. The van der Waals surface area contributed by atoms with Crippen molar-refractivity contribution in [3.63, 3.8) is 0 Å². The van der Waals surface area contributed by atoms with Crippen molar-refractivity contribution in [1.82, 2.24) is 4.31 Å². The number of ether oxygens (including phenoxy) is 2. The Hall–Kier alpha value is -1.64. The molecule has 146 valence electrons. The number of carbonyl (C=O) groups is 1. The van der Waals surface area contributed by atoms with Crippen molar-refractivity contribution in [1.29, 1.82) is 0 Å². The van der Waals surface area contributed by atoms with E-state index in [1.54, 1.807) is 6.07 Å². The summed E-state index contributed by atoms with van der Waals surface area (Å²) in [6, 6.07) is 7.32. The molecule has 0 atom stereocenters. The number of sulfonamides is 1. The topological polar surface area (TPSA) is 84.9 Å². The zero-order valence-corrected chi connectivity index (χ0v) is 16.4. The number of nitrogens with zero attached hydrogens (tertiary/aromatic N) is 1. The number of anilines is 1. The Labute approximate surface area is 155 Å². The van der Waals surface area contributed by atoms with E-state index in [-0.39, 0.29) is 30.3 Å². The van der Waals surface area contributed by atoms with Crippen LogP contribution in [0.25, 0.3) is 0 Å². The van der Waals surface area contributed by atoms with Gasteiger partial charge in [-0.05, 0) is 38.8 Å². The molecule has 1 fully saturated rings. The molecule has 0 aliphatic carbocycles. The second kappa shape index (κ2) is 9.34. The van der Waals surface area contributed by atoms with Crippen LogP contribution in [-0.2, 0) is 19.6 Å². The molecule has 1 aliphatic heterocycles. The molecule has 1 heterocycles. The van der Waals surface area contributed by atoms with Crippen molar-refractivity contribution < 1.29 is 22.7 Å². The zero-order chi connectivity index (χ0) is 19.2. The Bertz CT molecular complexity index is 697. The van der Waals surface area contributed by atoms with Crippen LogP contribution in [0.5, 0.6) is 5.75 Å². The molecule has 0 radical (unpaired) electrons. The average Bonchev–Trinajstić information content (AvgIpc) is 2.61. The molecule has 0 aromatic heterocycles. The number of rotatable bonds is 8. The summed E-state index contributed by atoms with van der Waals surface area (Å²) >= 11 is 0. The van der Waals surface area contributed by atoms with Crippen molar-refractivity contribution >= 4 is 21.6 Å². The first-order valence-corrected chi connectivity index (χ1v) is 10.5. The number of amides is 1. The number of benzene rings is 1. The Morgan fingerprint density at radius 2 is 1.92 bits per heavy atom. The summed E-state index contributed by atoms with van der Waals surface area (Å²) in [5, 5.41) is 2.92. The highest BCUT2D eigenvalue weighted by molar-refractivity contribution is 7.89. The summed E-state index contributed by atoms with van der Waals surface area (Å²) in [7, 11) is -1.84. The molecule has 1 N–H and O–H groups in total. The lowest BCUT2D eigenvalue weighted by Gasteiger charge is -2.30. The van der Waals surface area contributed by atoms with Crippen molar-refractivity contribution in [2.75, 3.05) is 37.9 Å². The molecule has 1 aromatic rings. The molecule has 26 heavy (non-hydrogen) atoms. The van der Waals surface area contributed by atoms with Crippen LogP contribution in [0.2, 0.25) is 0 Å². The van der Waals surface area contributed by atoms with Gasteiger partial charge in [-0.25, -0.2) is 12.7 Å². The van der Waals surface area contributed by atoms with Crippen LogP contribution in [-0.4, -0.2) is 57.3 Å². The molecule has 2 rings (SSSR count). The van der Waals surface area contributed by atoms with Crippen LogP contribution in [0.3, 0.4) is 0 Å². The van der Waals surface area contributed by atoms with Gasteiger partial charge in [0.2, 0.25) is 15.9 Å². The summed E-state index contributed by atoms with van der Waals surface area (Å²) in [6.45, 7) is 4.74. The maximum atomic E-state index is 12.6. The van der Waals surface area contributed by atoms with Gasteiger partial charge in [-0.15, -0.1) is 0 Å². The largest absolute Gasteiger partial charge is 0.489 e. The number of piperidine rings is 1. The maximum Gasteiger partial charge on any atom is 0.227 e. The molecule has 0 bridgehead atoms. The Morgan fingerprint density at radius 3 is 2.54 bits per heavy atom. The number of carbonyl (C=O) groups excluding carboxylic acids is 1. The molecule has 0 saturated carbocycles. The minimum Gasteiger partial charge on any atom is -0.489 e. The number of para-hydroxylation sites is 2. The van der Waals surface area contributed by atoms with E-state index < -0.39 is 10.0 Å². The standard InChI is InChI=1S/C18H28N2O5S/c1-14(2)25-17-7-5-4-6-16(17)19-18(21)15-8-10-20(11-9-15)26(22,23)13-12-24-3/h4-7,14-15H,8-13H2,1-3H3,(H,19,21). The molecule has 0 spiro atoms. The van der Waals surface area contributed by atoms with E-state index in [9.17, 15) is 13.2 Å². The van der Waals surface area contributed by atoms with Crippen molar-refractivity contribution in [2.45, 2.75) is 32.8 Å². The maximum absolute atomic E-state index is 12.6. The first-order chi connectivity index (χ1) is 12.3. The van der Waals surface area contributed by atoms with Crippen LogP contribution < -0.4 is 10.1 Å². The van der Waals surface area contributed by atoms with Gasteiger partial charge in [0.1, 0.15) is 5.75 Å². The van der Waals surface area contributed by atoms with E-state index in [0.717, 1.165) is 0 Å². The van der Waals surface area contributed by atoms with Gasteiger partial charge in [0.25, 0.3) is 0 Å². The van der Waals surface area contributed by atoms with Gasteiger partial charge in [0.15, 0.2) is 0 Å². The molecule has 1 aliphatic rings. The Kier molecular flexibility index (Phi) is 7.43. The third-order valence-corrected chi connectivity index (χ3v) is 6.11. The Balaban J connectivity index is 1.93. The van der Waals surface area contributed by atoms with Gasteiger partial charge in [0.05, 0.1) is 24.2 Å². The van der Waals surface area contributed by atoms with Gasteiger partial charge in [0, 0.05) is 26.1 Å². The predicted molar refractivity (Wildman–Crippen MR) is 101 cm³/mol. The quantitative estimate of drug-likeness (QED) is 0.742. The van der Waals surface area contributed by atoms with Gasteiger partial charge >= 0.3 is 0 Å². The summed E-state index contributed by atoms with van der Waals surface area (Å²) in [5.74, 6) is 0.297. The van der Waals surface area contributed by atoms with E-state index in [4.69, 9.17) is 9.47 Å². The minimum absolute atomic E-state index is 0.00796. The van der Waals surface area contributed by atoms with Crippen LogP contribution in [0, 0.1) is 5.92 Å². The molecule has 0 unspecified atom stereocenters. The fourth-order valence-electron chi connectivity index (χ4n) is 2.88. The Morgan fingerprint density at radius 1 is 1.27 bits per heavy atom. The second-order valence-corrected chi connectivity index (χ2v) is 8.72. The SMILES string of the molecule is COCCS(=O)(=O)N1CCC(C(=O)Nc2ccccc2OC(C)C)CC1. The predicted octanol–water partition coefficient (Wildman–Crippen LogP) is 2.10. The van der Waals surface area contributed by atoms with Crippen molar-refractivity contribution in [3.8, 4) is 5.75 Å². The molecule has 7 nitrogen and oxygen atoms in total. The van der Waals surface area contributed by atoms with E-state index in [1.807, 2.05) is 32.0 Å². The monoisotopic (exact) mass is 384 g/mol. The van der Waals surface area contributed by atoms with E-state index in [2.05, 4.69) is 5.32 Å². The van der Waals surface area contributed by atoms with Crippen molar-refractivity contribution in [3.05, 3.63) is 24.3 Å². The van der Waals surface area contributed by atoms with Crippen LogP contribution in [0.4, 0.5) is 5.69 Å². The number of methoxy groups -OCH3 is 1. The molecule has 8 heteroatoms. The normalized spacial score (nSPS) is 16.6. The second-order valence-electron chi connectivity index (χ2n) is 6.63. The van der Waals surface area contributed by atoms with E-state index >= 15 is 0 Å². The number of hydrogen-bond donors (Lipinski definition) is 1. The fraction of sp³-hybridized carbons (Fsp3) is 0.611. The number of nitrogens with one attached hydrogen (secondary N) is 1. The highest BCUT2D eigenvalue weighted by atomic mass is 32.2. The highest BCUT2D eigenvalue weighted by Crippen LogP contribution is 2.27. The third kappa shape index (κ3) is 5.69. The van der Waals surface area contributed by atoms with E-state index in [1.165, 1.54) is 11.4 Å². The fourth-order valence-corrected chi connectivity index (χ4v) is 4.28. The highest BCUT2D eigenvalue weighted by Gasteiger charge is 2.31. The zero-order valence-electron chi connectivity index (χ0n) is 15.6. The van der Waals surface area contributed by atoms with Crippen molar-refractivity contribution in [2.24, 2.45) is 5.92 Å². The third-order valence-electron chi connectivity index (χ3n) is 4.27. The molecule has 1 saturated heterocycles. The van der Waals surface area contributed by atoms with Gasteiger partial charge < -0.3 is 14.8 Å². The average molecular weight is 384 g/mol. The van der Waals surface area contributed by atoms with Crippen LogP contribution in [0.1, 0.15) is 26.7 Å². The molecule has 1 amide bonds. The van der Waals surface area contributed by atoms with Gasteiger partial charge in [-0.2, -0.15) is 0 Å². The van der Waals surface area contributed by atoms with Gasteiger partial charge in [-0.3, -0.25) is 4.79 Å². The molecular weight excluding hydrogens is 356 g/mol. The molecular formula is C18H28N2O5S. The van der Waals surface area contributed by atoms with Crippen LogP contribution in [0.15, 0.2) is 24.3 Å². The lowest BCUT2D eigenvalue weighted by Crippen LogP contribution is -2.42. The lowest BCUT2D eigenvalue weighted by atomic mass is 9.97. The first kappa shape index (κ1) is 20.7. The smallest absolute Gasteiger partial charge is 0.227 e. The number of hydrogen-bond acceptors (Lipinski definition) is 5. The summed E-state index contributed by atoms with van der Waals surface area (Å²) in [4.78, 5) is 12.6. The molecule has 1 aromatic carbocycles. The minimum atomic E-state index is -3.32. The summed E-state index contributed by atoms with van der Waals surface area (Å²) in [5.41, 5.74) is 0.640. The summed E-state index contributed by atoms with van der Waals surface area (Å²) < 4.78 is 36.4. The van der Waals surface area contributed by atoms with Crippen LogP contribution >= 0.6 is 0 Å². The summed E-state index contributed by atoms with van der Waals surface area (Å²) in [6.07, 6.45) is 1.02. The van der Waals surface area contributed by atoms with Gasteiger partial charge in [-0.1, -0.05) is 12.1 Å². The first-order valence-electron chi connectivity index (χ1n) is 8.87. The van der Waals surface area contributed by atoms with E-state index in [0.29, 0.717) is 37.4 Å².